The van der Waals surface area contributed by atoms with Crippen molar-refractivity contribution in [2.24, 2.45) is 0 Å². The summed E-state index contributed by atoms with van der Waals surface area (Å²) in [4.78, 5) is 12.1. The van der Waals surface area contributed by atoms with Gasteiger partial charge in [-0.3, -0.25) is 4.79 Å². The molecule has 0 aliphatic heterocycles. The molecule has 20 heavy (non-hydrogen) atoms. The topological polar surface area (TPSA) is 17.1 Å². The molecular formula is C18H15BrO. The smallest absolute Gasteiger partial charge is 0.171 e. The maximum absolute atomic E-state index is 12.1. The van der Waals surface area contributed by atoms with Gasteiger partial charge in [-0.1, -0.05) is 60.2 Å². The third-order valence-corrected chi connectivity index (χ3v) is 4.65. The second-order valence-electron chi connectivity index (χ2n) is 5.18. The Bertz CT molecular complexity index is 668. The lowest BCUT2D eigenvalue weighted by molar-refractivity contribution is -0.114. The van der Waals surface area contributed by atoms with Crippen LogP contribution in [-0.2, 0) is 4.79 Å². The fourth-order valence-electron chi connectivity index (χ4n) is 2.71. The Labute approximate surface area is 127 Å². The van der Waals surface area contributed by atoms with Gasteiger partial charge in [-0.25, -0.2) is 0 Å². The van der Waals surface area contributed by atoms with Crippen molar-refractivity contribution in [1.29, 1.82) is 0 Å². The van der Waals surface area contributed by atoms with Gasteiger partial charge in [0.15, 0.2) is 5.78 Å². The first-order valence-electron chi connectivity index (χ1n) is 6.71. The molecule has 0 unspecified atom stereocenters. The first-order chi connectivity index (χ1) is 9.66. The molecule has 1 aliphatic rings. The zero-order valence-corrected chi connectivity index (χ0v) is 12.9. The van der Waals surface area contributed by atoms with E-state index in [2.05, 4.69) is 59.3 Å². The summed E-state index contributed by atoms with van der Waals surface area (Å²) in [6, 6.07) is 18.6. The minimum absolute atomic E-state index is 0.154. The van der Waals surface area contributed by atoms with Crippen molar-refractivity contribution in [2.75, 3.05) is 0 Å². The number of carbonyl (C=O) groups is 1. The molecule has 0 bridgehead atoms. The lowest BCUT2D eigenvalue weighted by Gasteiger charge is -2.15. The minimum atomic E-state index is 0.154. The number of halogens is 1. The molecule has 0 radical (unpaired) electrons. The molecule has 0 saturated carbocycles. The van der Waals surface area contributed by atoms with Crippen molar-refractivity contribution in [3.63, 3.8) is 0 Å². The van der Waals surface area contributed by atoms with Gasteiger partial charge in [-0.05, 0) is 39.6 Å². The van der Waals surface area contributed by atoms with Gasteiger partial charge in [0.25, 0.3) is 0 Å². The maximum Gasteiger partial charge on any atom is 0.171 e. The molecule has 100 valence electrons. The summed E-state index contributed by atoms with van der Waals surface area (Å²) in [6.07, 6.45) is 0.549. The molecule has 0 amide bonds. The highest BCUT2D eigenvalue weighted by atomic mass is 79.9. The van der Waals surface area contributed by atoms with E-state index in [9.17, 15) is 4.79 Å². The Morgan fingerprint density at radius 2 is 1.65 bits per heavy atom. The van der Waals surface area contributed by atoms with Crippen molar-refractivity contribution in [1.82, 2.24) is 0 Å². The largest absolute Gasteiger partial charge is 0.294 e. The van der Waals surface area contributed by atoms with Crippen molar-refractivity contribution < 1.29 is 4.79 Å². The van der Waals surface area contributed by atoms with E-state index < -0.39 is 0 Å². The van der Waals surface area contributed by atoms with Crippen LogP contribution in [0, 0.1) is 6.92 Å². The molecule has 0 spiro atoms. The normalized spacial score (nSPS) is 18.7. The standard InChI is InChI=1S/C18H15BrO/c1-12-7-9-14(10-8-12)17-15(11-16(20)18(17)19)13-5-3-2-4-6-13/h2-10,15H,11H2,1H3/t15-/m0/s1. The first-order valence-corrected chi connectivity index (χ1v) is 7.51. The summed E-state index contributed by atoms with van der Waals surface area (Å²) in [7, 11) is 0. The Balaban J connectivity index is 2.09. The molecule has 1 nitrogen and oxygen atoms in total. The number of rotatable bonds is 2. The molecule has 2 heteroatoms. The van der Waals surface area contributed by atoms with Gasteiger partial charge in [0.05, 0.1) is 4.48 Å². The van der Waals surface area contributed by atoms with Gasteiger partial charge in [0.1, 0.15) is 0 Å². The van der Waals surface area contributed by atoms with E-state index in [0.717, 1.165) is 15.6 Å². The van der Waals surface area contributed by atoms with E-state index in [1.165, 1.54) is 11.1 Å². The monoisotopic (exact) mass is 326 g/mol. The minimum Gasteiger partial charge on any atom is -0.294 e. The lowest BCUT2D eigenvalue weighted by atomic mass is 9.88. The van der Waals surface area contributed by atoms with E-state index in [1.54, 1.807) is 0 Å². The number of hydrogen-bond acceptors (Lipinski definition) is 1. The average Bonchev–Trinajstić information content (AvgIpc) is 2.77. The van der Waals surface area contributed by atoms with Crippen LogP contribution in [-0.4, -0.2) is 5.78 Å². The fraction of sp³-hybridized carbons (Fsp3) is 0.167. The molecular weight excluding hydrogens is 312 g/mol. The number of aryl methyl sites for hydroxylation is 1. The SMILES string of the molecule is Cc1ccc(C2=C(Br)C(=O)C[C@H]2c2ccccc2)cc1. The molecule has 0 fully saturated rings. The highest BCUT2D eigenvalue weighted by molar-refractivity contribution is 9.12. The van der Waals surface area contributed by atoms with Crippen LogP contribution < -0.4 is 0 Å². The number of carbonyl (C=O) groups excluding carboxylic acids is 1. The Hall–Kier alpha value is -1.67. The number of Topliss-reactive ketones (excluding diaryl/α,β-unsaturated/α-hetero) is 1. The average molecular weight is 327 g/mol. The summed E-state index contributed by atoms with van der Waals surface area (Å²) in [6.45, 7) is 2.07. The molecule has 1 atom stereocenters. The van der Waals surface area contributed by atoms with E-state index in [1.807, 2.05) is 18.2 Å². The second kappa shape index (κ2) is 5.37. The highest BCUT2D eigenvalue weighted by Crippen LogP contribution is 2.45. The van der Waals surface area contributed by atoms with Crippen molar-refractivity contribution >= 4 is 27.3 Å². The predicted octanol–water partition coefficient (Wildman–Crippen LogP) is 4.86. The van der Waals surface area contributed by atoms with Gasteiger partial charge in [-0.2, -0.15) is 0 Å². The molecule has 0 saturated heterocycles. The molecule has 1 aliphatic carbocycles. The van der Waals surface area contributed by atoms with Crippen molar-refractivity contribution in [3.05, 3.63) is 75.8 Å². The number of allylic oxidation sites excluding steroid dienone is 2. The Morgan fingerprint density at radius 1 is 1.00 bits per heavy atom. The summed E-state index contributed by atoms with van der Waals surface area (Å²) >= 11 is 3.49. The Morgan fingerprint density at radius 3 is 2.30 bits per heavy atom. The molecule has 0 N–H and O–H groups in total. The lowest BCUT2D eigenvalue weighted by Crippen LogP contribution is -1.99. The van der Waals surface area contributed by atoms with Gasteiger partial charge >= 0.3 is 0 Å². The van der Waals surface area contributed by atoms with Gasteiger partial charge in [-0.15, -0.1) is 0 Å². The third-order valence-electron chi connectivity index (χ3n) is 3.78. The molecule has 0 aromatic heterocycles. The number of ketones is 1. The van der Waals surface area contributed by atoms with Crippen LogP contribution in [0.5, 0.6) is 0 Å². The van der Waals surface area contributed by atoms with E-state index >= 15 is 0 Å². The Kier molecular flexibility index (Phi) is 3.58. The van der Waals surface area contributed by atoms with Gasteiger partial charge in [0, 0.05) is 12.3 Å². The van der Waals surface area contributed by atoms with Crippen LogP contribution in [0.1, 0.15) is 29.0 Å². The predicted molar refractivity (Wildman–Crippen MR) is 85.8 cm³/mol. The van der Waals surface area contributed by atoms with Crippen LogP contribution in [0.3, 0.4) is 0 Å². The molecule has 2 aromatic carbocycles. The summed E-state index contributed by atoms with van der Waals surface area (Å²) in [5, 5.41) is 0. The van der Waals surface area contributed by atoms with E-state index in [-0.39, 0.29) is 11.7 Å². The summed E-state index contributed by atoms with van der Waals surface area (Å²) in [5.74, 6) is 0.343. The van der Waals surface area contributed by atoms with Crippen molar-refractivity contribution in [3.8, 4) is 0 Å². The number of benzene rings is 2. The fourth-order valence-corrected chi connectivity index (χ4v) is 3.38. The number of hydrogen-bond donors (Lipinski definition) is 0. The van der Waals surface area contributed by atoms with Crippen LogP contribution in [0.2, 0.25) is 0 Å². The molecule has 0 heterocycles. The van der Waals surface area contributed by atoms with Crippen molar-refractivity contribution in [2.45, 2.75) is 19.3 Å². The first kappa shape index (κ1) is 13.3. The van der Waals surface area contributed by atoms with Crippen LogP contribution in [0.4, 0.5) is 0 Å². The van der Waals surface area contributed by atoms with Gasteiger partial charge in [0.2, 0.25) is 0 Å². The zero-order chi connectivity index (χ0) is 14.1. The van der Waals surface area contributed by atoms with Gasteiger partial charge < -0.3 is 0 Å². The summed E-state index contributed by atoms with van der Waals surface area (Å²) in [5.41, 5.74) is 4.67. The van der Waals surface area contributed by atoms with E-state index in [0.29, 0.717) is 6.42 Å². The zero-order valence-electron chi connectivity index (χ0n) is 11.3. The second-order valence-corrected chi connectivity index (χ2v) is 5.98. The van der Waals surface area contributed by atoms with Crippen LogP contribution >= 0.6 is 15.9 Å². The summed E-state index contributed by atoms with van der Waals surface area (Å²) < 4.78 is 0.732. The quantitative estimate of drug-likeness (QED) is 0.770. The molecule has 3 rings (SSSR count). The van der Waals surface area contributed by atoms with E-state index in [4.69, 9.17) is 0 Å². The van der Waals surface area contributed by atoms with Crippen LogP contribution in [0.25, 0.3) is 5.57 Å². The molecule has 2 aromatic rings. The maximum atomic E-state index is 12.1. The van der Waals surface area contributed by atoms with Crippen LogP contribution in [0.15, 0.2) is 59.1 Å². The third kappa shape index (κ3) is 2.36. The highest BCUT2D eigenvalue weighted by Gasteiger charge is 2.32.